The molecule has 1 amide bonds. The zero-order chi connectivity index (χ0) is 10.4. The van der Waals surface area contributed by atoms with E-state index in [0.717, 1.165) is 32.1 Å². The van der Waals surface area contributed by atoms with Crippen molar-refractivity contribution in [2.45, 2.75) is 37.6 Å². The molecule has 3 aliphatic carbocycles. The van der Waals surface area contributed by atoms with Gasteiger partial charge in [0.2, 0.25) is 0 Å². The highest BCUT2D eigenvalue weighted by Crippen LogP contribution is 2.57. The predicted molar refractivity (Wildman–Crippen MR) is 59.5 cm³/mol. The molecule has 2 N–H and O–H groups in total. The van der Waals surface area contributed by atoms with Gasteiger partial charge < -0.3 is 5.73 Å². The van der Waals surface area contributed by atoms with E-state index in [2.05, 4.69) is 0 Å². The molecule has 0 aromatic rings. The average Bonchev–Trinajstić information content (AvgIpc) is 2.14. The van der Waals surface area contributed by atoms with Gasteiger partial charge in [0.15, 0.2) is 0 Å². The Labute approximate surface area is 96.5 Å². The van der Waals surface area contributed by atoms with Crippen molar-refractivity contribution in [2.75, 3.05) is 14.2 Å². The summed E-state index contributed by atoms with van der Waals surface area (Å²) in [6, 6.07) is 0. The Balaban J connectivity index is 0.00000112. The monoisotopic (exact) mass is 234 g/mol. The highest BCUT2D eigenvalue weighted by molar-refractivity contribution is 5.85. The van der Waals surface area contributed by atoms with Crippen LogP contribution >= 0.6 is 12.4 Å². The maximum atomic E-state index is 12.0. The molecule has 2 bridgehead atoms. The molecule has 0 spiro atoms. The molecule has 3 rings (SSSR count). The van der Waals surface area contributed by atoms with E-state index in [0.29, 0.717) is 0 Å². The summed E-state index contributed by atoms with van der Waals surface area (Å²) in [7, 11) is 3.19. The van der Waals surface area contributed by atoms with E-state index in [9.17, 15) is 4.79 Å². The van der Waals surface area contributed by atoms with E-state index >= 15 is 0 Å². The van der Waals surface area contributed by atoms with Crippen molar-refractivity contribution in [3.8, 4) is 0 Å². The van der Waals surface area contributed by atoms with E-state index in [1.54, 1.807) is 7.05 Å². The first kappa shape index (κ1) is 12.7. The third-order valence-corrected chi connectivity index (χ3v) is 3.72. The summed E-state index contributed by atoms with van der Waals surface area (Å²) in [5.41, 5.74) is 5.85. The summed E-state index contributed by atoms with van der Waals surface area (Å²) in [5.74, 6) is 0.0979. The number of carbonyl (C=O) groups is 1. The van der Waals surface area contributed by atoms with Gasteiger partial charge in [-0.1, -0.05) is 6.42 Å². The maximum absolute atomic E-state index is 12.0. The van der Waals surface area contributed by atoms with Gasteiger partial charge in [-0.3, -0.25) is 9.63 Å². The third kappa shape index (κ3) is 1.86. The van der Waals surface area contributed by atoms with Gasteiger partial charge in [-0.15, -0.1) is 12.4 Å². The van der Waals surface area contributed by atoms with Crippen LogP contribution in [-0.4, -0.2) is 30.7 Å². The number of hydroxylamine groups is 2. The molecular weight excluding hydrogens is 216 g/mol. The molecule has 3 fully saturated rings. The van der Waals surface area contributed by atoms with Crippen LogP contribution in [0.25, 0.3) is 0 Å². The summed E-state index contributed by atoms with van der Waals surface area (Å²) < 4.78 is 0. The zero-order valence-corrected chi connectivity index (χ0v) is 10.1. The third-order valence-electron chi connectivity index (χ3n) is 3.72. The molecule has 0 unspecified atom stereocenters. The molecule has 0 saturated heterocycles. The normalized spacial score (nSPS) is 37.5. The largest absolute Gasteiger partial charge is 0.325 e. The molecule has 15 heavy (non-hydrogen) atoms. The summed E-state index contributed by atoms with van der Waals surface area (Å²) in [5, 5.41) is 1.34. The second kappa shape index (κ2) is 3.92. The molecule has 0 aliphatic heterocycles. The molecule has 0 radical (unpaired) electrons. The number of hydrogen-bond acceptors (Lipinski definition) is 3. The number of hydrogen-bond donors (Lipinski definition) is 1. The van der Waals surface area contributed by atoms with Crippen LogP contribution in [0.2, 0.25) is 0 Å². The fraction of sp³-hybridized carbons (Fsp3) is 0.900. The SMILES string of the molecule is CON(C)C(=O)C12CCCC(N)(C1)C2.Cl. The van der Waals surface area contributed by atoms with Crippen LogP contribution in [0, 0.1) is 5.41 Å². The number of nitrogens with zero attached hydrogens (tertiary/aromatic N) is 1. The molecule has 88 valence electrons. The molecule has 0 aromatic carbocycles. The summed E-state index contributed by atoms with van der Waals surface area (Å²) >= 11 is 0. The second-order valence-electron chi connectivity index (χ2n) is 4.84. The average molecular weight is 235 g/mol. The Morgan fingerprint density at radius 2 is 2.00 bits per heavy atom. The number of amides is 1. The van der Waals surface area contributed by atoms with Crippen LogP contribution in [-0.2, 0) is 9.63 Å². The van der Waals surface area contributed by atoms with Gasteiger partial charge in [0.05, 0.1) is 12.5 Å². The van der Waals surface area contributed by atoms with E-state index in [1.807, 2.05) is 0 Å². The summed E-state index contributed by atoms with van der Waals surface area (Å²) in [6.45, 7) is 0. The Bertz CT molecular complexity index is 264. The van der Waals surface area contributed by atoms with Crippen molar-refractivity contribution in [2.24, 2.45) is 11.1 Å². The Morgan fingerprint density at radius 3 is 2.47 bits per heavy atom. The Morgan fingerprint density at radius 1 is 1.40 bits per heavy atom. The van der Waals surface area contributed by atoms with E-state index in [1.165, 1.54) is 12.2 Å². The topological polar surface area (TPSA) is 55.6 Å². The highest BCUT2D eigenvalue weighted by atomic mass is 35.5. The molecular formula is C10H19ClN2O2. The fourth-order valence-electron chi connectivity index (χ4n) is 3.10. The number of fused-ring (bicyclic) bond motifs is 2. The molecule has 0 aromatic heterocycles. The van der Waals surface area contributed by atoms with Crippen molar-refractivity contribution < 1.29 is 9.63 Å². The van der Waals surface area contributed by atoms with Crippen LogP contribution < -0.4 is 5.73 Å². The van der Waals surface area contributed by atoms with Gasteiger partial charge in [0.25, 0.3) is 5.91 Å². The number of rotatable bonds is 2. The second-order valence-corrected chi connectivity index (χ2v) is 4.84. The predicted octanol–water partition coefficient (Wildman–Crippen LogP) is 1.09. The van der Waals surface area contributed by atoms with Gasteiger partial charge >= 0.3 is 0 Å². The standard InChI is InChI=1S/C10H18N2O2.ClH/c1-12(14-2)8(13)9-4-3-5-10(11,6-9)7-9;/h3-7,11H2,1-2H3;1H. The van der Waals surface area contributed by atoms with E-state index in [-0.39, 0.29) is 29.3 Å². The quantitative estimate of drug-likeness (QED) is 0.728. The van der Waals surface area contributed by atoms with Crippen molar-refractivity contribution in [3.05, 3.63) is 0 Å². The molecule has 3 saturated carbocycles. The lowest BCUT2D eigenvalue weighted by Gasteiger charge is -2.58. The molecule has 4 nitrogen and oxygen atoms in total. The van der Waals surface area contributed by atoms with E-state index in [4.69, 9.17) is 10.6 Å². The smallest absolute Gasteiger partial charge is 0.252 e. The van der Waals surface area contributed by atoms with Gasteiger partial charge in [-0.25, -0.2) is 5.06 Å². The lowest BCUT2D eigenvalue weighted by molar-refractivity contribution is -0.194. The van der Waals surface area contributed by atoms with Gasteiger partial charge in [-0.2, -0.15) is 0 Å². The molecule has 3 aliphatic rings. The number of nitrogens with two attached hydrogens (primary N) is 1. The van der Waals surface area contributed by atoms with Crippen LogP contribution in [0.3, 0.4) is 0 Å². The molecule has 0 heterocycles. The summed E-state index contributed by atoms with van der Waals surface area (Å²) in [4.78, 5) is 16.9. The minimum Gasteiger partial charge on any atom is -0.325 e. The molecule has 5 heteroatoms. The molecule has 0 atom stereocenters. The minimum absolute atomic E-state index is 0. The van der Waals surface area contributed by atoms with Crippen LogP contribution in [0.4, 0.5) is 0 Å². The van der Waals surface area contributed by atoms with Gasteiger partial charge in [0.1, 0.15) is 0 Å². The first-order valence-corrected chi connectivity index (χ1v) is 5.13. The Kier molecular flexibility index (Phi) is 3.33. The lowest BCUT2D eigenvalue weighted by Crippen LogP contribution is -2.65. The fourth-order valence-corrected chi connectivity index (χ4v) is 3.10. The minimum atomic E-state index is -0.197. The first-order chi connectivity index (χ1) is 6.51. The van der Waals surface area contributed by atoms with Crippen molar-refractivity contribution in [1.29, 1.82) is 0 Å². The van der Waals surface area contributed by atoms with Crippen molar-refractivity contribution >= 4 is 18.3 Å². The van der Waals surface area contributed by atoms with Crippen LogP contribution in [0.1, 0.15) is 32.1 Å². The first-order valence-electron chi connectivity index (χ1n) is 5.13. The number of carbonyl (C=O) groups excluding carboxylic acids is 1. The van der Waals surface area contributed by atoms with Gasteiger partial charge in [0, 0.05) is 12.6 Å². The Hall–Kier alpha value is -0.320. The van der Waals surface area contributed by atoms with E-state index < -0.39 is 0 Å². The van der Waals surface area contributed by atoms with Gasteiger partial charge in [-0.05, 0) is 25.7 Å². The van der Waals surface area contributed by atoms with Crippen molar-refractivity contribution in [1.82, 2.24) is 5.06 Å². The lowest BCUT2D eigenvalue weighted by atomic mass is 9.50. The highest BCUT2D eigenvalue weighted by Gasteiger charge is 2.60. The van der Waals surface area contributed by atoms with Crippen LogP contribution in [0.15, 0.2) is 0 Å². The number of halogens is 1. The zero-order valence-electron chi connectivity index (χ0n) is 9.28. The summed E-state index contributed by atoms with van der Waals surface area (Å²) in [6.07, 6.45) is 4.79. The van der Waals surface area contributed by atoms with Crippen molar-refractivity contribution in [3.63, 3.8) is 0 Å². The maximum Gasteiger partial charge on any atom is 0.252 e. The van der Waals surface area contributed by atoms with Crippen LogP contribution in [0.5, 0.6) is 0 Å².